The summed E-state index contributed by atoms with van der Waals surface area (Å²) in [5.41, 5.74) is 42.7. The van der Waals surface area contributed by atoms with Crippen molar-refractivity contribution >= 4 is 98.5 Å². The second-order valence-electron chi connectivity index (χ2n) is 34.4. The van der Waals surface area contributed by atoms with E-state index in [1.165, 1.54) is 99.6 Å². The average molecular weight is 2270 g/mol. The van der Waals surface area contributed by atoms with Crippen molar-refractivity contribution in [3.63, 3.8) is 0 Å². The summed E-state index contributed by atoms with van der Waals surface area (Å²) in [5.74, 6) is 2.71. The number of hydrogen-bond acceptors (Lipinski definition) is 6. The van der Waals surface area contributed by atoms with Gasteiger partial charge in [0.05, 0.1) is 50.6 Å². The molecule has 0 spiro atoms. The maximum atomic E-state index is 5.28. The zero-order valence-electron chi connectivity index (χ0n) is 73.2. The van der Waals surface area contributed by atoms with Gasteiger partial charge in [-0.25, -0.2) is 0 Å². The molecule has 16 aromatic carbocycles. The molecule has 3 aliphatic carbocycles. The van der Waals surface area contributed by atoms with Crippen LogP contribution in [0.15, 0.2) is 370 Å². The molecule has 0 saturated carbocycles. The number of nitrogens with zero attached hydrogens (tertiary/aromatic N) is 12. The van der Waals surface area contributed by atoms with E-state index in [1.54, 1.807) is 0 Å². The Balaban J connectivity index is 0.000000113. The smallest absolute Gasteiger partial charge is 0.367 e. The molecule has 0 bridgehead atoms. The van der Waals surface area contributed by atoms with E-state index >= 15 is 0 Å². The van der Waals surface area contributed by atoms with Crippen LogP contribution in [0.5, 0.6) is 0 Å². The fourth-order valence-corrected chi connectivity index (χ4v) is 20.8. The summed E-state index contributed by atoms with van der Waals surface area (Å²) >= 11 is 0. The molecule has 3 aliphatic rings. The van der Waals surface area contributed by atoms with E-state index in [0.717, 1.165) is 181 Å². The topological polar surface area (TPSA) is 107 Å². The Labute approximate surface area is 822 Å². The number of para-hydroxylation sites is 3. The molecule has 0 radical (unpaired) electrons. The molecule has 0 aliphatic heterocycles. The Morgan fingerprint density at radius 3 is 1.13 bits per heavy atom. The predicted molar refractivity (Wildman–Crippen MR) is 534 cm³/mol. The molecule has 0 atom stereocenters. The first-order valence-electron chi connectivity index (χ1n) is 44.7. The van der Waals surface area contributed by atoms with Crippen LogP contribution < -0.4 is 0 Å². The van der Waals surface area contributed by atoms with Crippen LogP contribution in [0, 0.1) is 36.4 Å². The van der Waals surface area contributed by atoms with Crippen LogP contribution in [0.2, 0.25) is 0 Å². The molecule has 12 nitrogen and oxygen atoms in total. The van der Waals surface area contributed by atoms with Crippen molar-refractivity contribution in [2.45, 2.75) is 19.3 Å². The molecule has 0 amide bonds. The van der Waals surface area contributed by atoms with Crippen LogP contribution in [0.25, 0.3) is 228 Å². The van der Waals surface area contributed by atoms with E-state index in [9.17, 15) is 0 Å². The van der Waals surface area contributed by atoms with Crippen LogP contribution in [-0.4, -0.2) is 57.3 Å². The summed E-state index contributed by atoms with van der Waals surface area (Å²) < 4.78 is 13.4. The molecule has 0 N–H and O–H groups in total. The first-order valence-corrected chi connectivity index (χ1v) is 44.7. The normalized spacial score (nSPS) is 12.0. The minimum absolute atomic E-state index is 0. The summed E-state index contributed by atoms with van der Waals surface area (Å²) in [6, 6.07) is 146. The van der Waals surface area contributed by atoms with Gasteiger partial charge in [-0.3, -0.25) is 15.0 Å². The van der Waals surface area contributed by atoms with Crippen molar-refractivity contribution < 1.29 is 63.2 Å². The molecule has 9 heterocycles. The number of aromatic nitrogens is 12. The second-order valence-corrected chi connectivity index (χ2v) is 34.4. The zero-order chi connectivity index (χ0) is 87.3. The van der Waals surface area contributed by atoms with Gasteiger partial charge in [-0.05, 0) is 214 Å². The molecule has 0 fully saturated rings. The van der Waals surface area contributed by atoms with Gasteiger partial charge >= 0.3 is 63.2 Å². The number of aryl methyl sites for hydroxylation is 3. The predicted octanol–water partition coefficient (Wildman–Crippen LogP) is 27.4. The maximum absolute atomic E-state index is 5.28. The van der Waals surface area contributed by atoms with Crippen LogP contribution in [0.1, 0.15) is 33.4 Å². The third-order valence-corrected chi connectivity index (χ3v) is 27.0. The Morgan fingerprint density at radius 2 is 0.630 bits per heavy atom. The molecule has 646 valence electrons. The van der Waals surface area contributed by atoms with E-state index in [1.807, 2.05) is 73.2 Å². The van der Waals surface area contributed by atoms with E-state index in [0.29, 0.717) is 0 Å². The van der Waals surface area contributed by atoms with Crippen molar-refractivity contribution in [2.24, 2.45) is 21.1 Å². The summed E-state index contributed by atoms with van der Waals surface area (Å²) in [7, 11) is 6.34. The Bertz CT molecular complexity index is 8870. The van der Waals surface area contributed by atoms with Gasteiger partial charge in [0.1, 0.15) is 0 Å². The van der Waals surface area contributed by atoms with Gasteiger partial charge in [0.25, 0.3) is 0 Å². The van der Waals surface area contributed by atoms with Crippen molar-refractivity contribution in [2.75, 3.05) is 0 Å². The molecule has 0 saturated heterocycles. The number of imidazole rings is 3. The average Bonchev–Trinajstić information content (AvgIpc) is 1.58. The van der Waals surface area contributed by atoms with E-state index < -0.39 is 0 Å². The van der Waals surface area contributed by atoms with Gasteiger partial charge in [0.2, 0.25) is 0 Å². The van der Waals surface area contributed by atoms with Gasteiger partial charge in [0, 0.05) is 67.4 Å². The van der Waals surface area contributed by atoms with Crippen LogP contribution in [-0.2, 0) is 104 Å². The number of rotatable bonds is 10. The number of hydrogen-bond donors (Lipinski definition) is 0. The van der Waals surface area contributed by atoms with Gasteiger partial charge in [-0.15, -0.1) is 161 Å². The monoisotopic (exact) mass is 2270 g/mol. The fraction of sp³-hybridized carbons (Fsp3) is 0.0500. The quantitative estimate of drug-likeness (QED) is 0.126. The van der Waals surface area contributed by atoms with Crippen LogP contribution in [0.4, 0.5) is 0 Å². The first kappa shape index (κ1) is 84.1. The van der Waals surface area contributed by atoms with Crippen LogP contribution >= 0.6 is 0 Å². The summed E-state index contributed by atoms with van der Waals surface area (Å²) in [4.78, 5) is 29.2. The molecule has 15 heteroatoms. The van der Waals surface area contributed by atoms with Gasteiger partial charge < -0.3 is 42.4 Å². The summed E-state index contributed by atoms with van der Waals surface area (Å²) in [6.07, 6.45) is 8.37. The minimum Gasteiger partial charge on any atom is -0.367 e. The number of pyridine rings is 3. The van der Waals surface area contributed by atoms with Crippen LogP contribution in [0.3, 0.4) is 0 Å². The SMILES string of the molecule is Cn1c(-c2[c-]c3c(cc2)c2ccccc2n3-c2[c-]c(-c3ccccn3)ccc2)nc2c3c(ccc21)Cc1ccccc1-3.Cn1c(-c2[c-]c3c(cc2)c2ccccc2n3-c2[c-]c(-c3ccccn3)ccc2)nc2ccc(-c3ccc4c(c3)Cc3ccccc3-4)cc21.Cn1c(-c2[c-]c3c(cc2)c2ccccc2n3-c2[c-]c(-c3ccccn3)ccc2)nc2ccc3c(c21)-c1ccccc1C3.[Pt+2].[Pt+2].[Pt+2]. The summed E-state index contributed by atoms with van der Waals surface area (Å²) in [6.45, 7) is 0. The zero-order valence-corrected chi connectivity index (χ0v) is 80.0. The number of fused-ring (bicyclic) bond motifs is 23. The van der Waals surface area contributed by atoms with Crippen molar-refractivity contribution in [1.82, 2.24) is 57.3 Å². The fourth-order valence-electron chi connectivity index (χ4n) is 20.8. The molecule has 9 aromatic heterocycles. The van der Waals surface area contributed by atoms with E-state index in [4.69, 9.17) is 15.0 Å². The summed E-state index contributed by atoms with van der Waals surface area (Å²) in [5, 5.41) is 7.00. The largest absolute Gasteiger partial charge is 2.00 e. The third kappa shape index (κ3) is 14.0. The molecular weight excluding hydrogens is 2190 g/mol. The molecule has 0 unspecified atom stereocenters. The Morgan fingerprint density at radius 1 is 0.244 bits per heavy atom. The van der Waals surface area contributed by atoms with Gasteiger partial charge in [0.15, 0.2) is 0 Å². The number of benzene rings is 16. The molecular formula is C120H76N12Pt3. The van der Waals surface area contributed by atoms with Crippen molar-refractivity contribution in [3.05, 3.63) is 440 Å². The molecule has 25 aromatic rings. The minimum atomic E-state index is 0. The first-order chi connectivity index (χ1) is 65.2. The van der Waals surface area contributed by atoms with Gasteiger partial charge in [-0.1, -0.05) is 216 Å². The van der Waals surface area contributed by atoms with E-state index in [-0.39, 0.29) is 63.2 Å². The maximum Gasteiger partial charge on any atom is 2.00 e. The Kier molecular flexibility index (Phi) is 21.3. The third-order valence-electron chi connectivity index (χ3n) is 27.0. The van der Waals surface area contributed by atoms with Gasteiger partial charge in [-0.2, -0.15) is 0 Å². The van der Waals surface area contributed by atoms with E-state index in [2.05, 4.69) is 397 Å². The molecule has 135 heavy (non-hydrogen) atoms. The second kappa shape index (κ2) is 34.1. The standard InChI is InChI=1S/C44H28N4.2C38H24N4.3Pt/c1-47-43-26-29(28-16-19-36-33(23-28)24-30-9-2-3-12-35(30)36)18-21-40(43)46-44(47)32-17-20-38-37-13-4-5-15-41(37)48(42(38)27-32)34-11-8-10-31(25-34)39-14-6-7-22-45-39;1-41-37-33(19-17-26-21-24-9-2-3-12-29(24)36(26)37)40-38(41)27-16-18-31-30-13-4-5-15-34(30)42(35(31)23-27)28-11-8-10-25(22-28)32-14-6-7-20-39-32;1-41-34-19-17-26-21-24-9-2-3-12-29(24)36(26)37(34)40-38(41)27-16-18-31-30-13-4-5-15-33(30)42(35(31)23-27)28-11-8-10-25(22-28)32-14-6-7-20-39-32;;;/h2-23,26H,24H2,1H3;2*2-20H,21H2,1H3;;;/q3*-2;3*+2. The Hall–Kier alpha value is -15.2. The van der Waals surface area contributed by atoms with Crippen molar-refractivity contribution in [1.29, 1.82) is 0 Å². The molecule has 28 rings (SSSR count). The van der Waals surface area contributed by atoms with Crippen molar-refractivity contribution in [3.8, 4) is 130 Å².